The molecule has 1 aromatic carbocycles. The summed E-state index contributed by atoms with van der Waals surface area (Å²) in [6.07, 6.45) is 6.98. The van der Waals surface area contributed by atoms with Crippen LogP contribution in [-0.4, -0.2) is 27.1 Å². The number of nitrogens with zero attached hydrogens (tertiary/aromatic N) is 4. The Morgan fingerprint density at radius 3 is 2.79 bits per heavy atom. The van der Waals surface area contributed by atoms with Gasteiger partial charge in [-0.05, 0) is 5.56 Å². The van der Waals surface area contributed by atoms with Crippen LogP contribution in [0.5, 0.6) is 0 Å². The molecule has 5 heteroatoms. The highest BCUT2D eigenvalue weighted by Gasteiger charge is 2.29. The monoisotopic (exact) mass is 252 g/mol. The quantitative estimate of drug-likeness (QED) is 0.821. The fourth-order valence-corrected chi connectivity index (χ4v) is 2.09. The molecule has 1 amide bonds. The molecule has 0 spiro atoms. The molecule has 5 nitrogen and oxygen atoms in total. The molecule has 0 bridgehead atoms. The highest BCUT2D eigenvalue weighted by molar-refractivity contribution is 5.93. The highest BCUT2D eigenvalue weighted by Crippen LogP contribution is 2.28. The number of hydrazone groups is 1. The molecule has 1 atom stereocenters. The topological polar surface area (TPSA) is 58.5 Å². The Balaban J connectivity index is 1.88. The average Bonchev–Trinajstić information content (AvgIpc) is 2.98. The van der Waals surface area contributed by atoms with Gasteiger partial charge in [-0.15, -0.1) is 0 Å². The minimum absolute atomic E-state index is 0.0595. The van der Waals surface area contributed by atoms with Crippen LogP contribution < -0.4 is 0 Å². The molecule has 2 heterocycles. The Morgan fingerprint density at radius 2 is 2.05 bits per heavy atom. The van der Waals surface area contributed by atoms with Crippen LogP contribution in [0.1, 0.15) is 28.5 Å². The zero-order chi connectivity index (χ0) is 13.1. The molecule has 0 fully saturated rings. The van der Waals surface area contributed by atoms with Crippen LogP contribution >= 0.6 is 0 Å². The van der Waals surface area contributed by atoms with Crippen molar-refractivity contribution >= 4 is 12.1 Å². The summed E-state index contributed by atoms with van der Waals surface area (Å²) in [6.45, 7) is 0. The van der Waals surface area contributed by atoms with Gasteiger partial charge in [0.15, 0.2) is 0 Å². The summed E-state index contributed by atoms with van der Waals surface area (Å²) in [7, 11) is 0. The predicted molar refractivity (Wildman–Crippen MR) is 70.5 cm³/mol. The van der Waals surface area contributed by atoms with E-state index in [4.69, 9.17) is 0 Å². The summed E-state index contributed by atoms with van der Waals surface area (Å²) in [5, 5.41) is 5.63. The fraction of sp³-hybridized carbons (Fsp3) is 0.143. The smallest absolute Gasteiger partial charge is 0.265 e. The largest absolute Gasteiger partial charge is 0.294 e. The van der Waals surface area contributed by atoms with Crippen LogP contribution in [-0.2, 0) is 0 Å². The second kappa shape index (κ2) is 4.97. The van der Waals surface area contributed by atoms with Crippen molar-refractivity contribution in [3.8, 4) is 0 Å². The van der Waals surface area contributed by atoms with Crippen molar-refractivity contribution < 1.29 is 4.79 Å². The highest BCUT2D eigenvalue weighted by atomic mass is 16.2. The molecule has 2 aromatic rings. The standard InChI is InChI=1S/C14H12N4O/c19-14(12-10-15-8-9-16-12)18-13(6-7-17-18)11-4-2-1-3-5-11/h1-5,7-10,13H,6H2. The van der Waals surface area contributed by atoms with Crippen LogP contribution in [0.3, 0.4) is 0 Å². The first kappa shape index (κ1) is 11.5. The van der Waals surface area contributed by atoms with E-state index in [9.17, 15) is 4.79 Å². The normalized spacial score (nSPS) is 17.7. The summed E-state index contributed by atoms with van der Waals surface area (Å²) in [5.74, 6) is -0.226. The Morgan fingerprint density at radius 1 is 1.21 bits per heavy atom. The average molecular weight is 252 g/mol. The number of amides is 1. The number of aromatic nitrogens is 2. The van der Waals surface area contributed by atoms with E-state index in [-0.39, 0.29) is 11.9 Å². The third-order valence-corrected chi connectivity index (χ3v) is 3.00. The Labute approximate surface area is 110 Å². The zero-order valence-corrected chi connectivity index (χ0v) is 10.2. The molecule has 0 radical (unpaired) electrons. The van der Waals surface area contributed by atoms with E-state index in [2.05, 4.69) is 15.1 Å². The number of carbonyl (C=O) groups is 1. The second-order valence-electron chi connectivity index (χ2n) is 4.20. The molecule has 3 rings (SSSR count). The van der Waals surface area contributed by atoms with E-state index < -0.39 is 0 Å². The van der Waals surface area contributed by atoms with Crippen molar-refractivity contribution in [3.63, 3.8) is 0 Å². The molecule has 0 N–H and O–H groups in total. The molecule has 0 saturated heterocycles. The number of carbonyl (C=O) groups excluding carboxylic acids is 1. The van der Waals surface area contributed by atoms with E-state index in [1.165, 1.54) is 17.4 Å². The van der Waals surface area contributed by atoms with Gasteiger partial charge < -0.3 is 0 Å². The summed E-state index contributed by atoms with van der Waals surface area (Å²) in [5.41, 5.74) is 1.37. The maximum atomic E-state index is 12.3. The van der Waals surface area contributed by atoms with Gasteiger partial charge in [-0.2, -0.15) is 5.10 Å². The minimum atomic E-state index is -0.226. The summed E-state index contributed by atoms with van der Waals surface area (Å²) in [6, 6.07) is 9.80. The third-order valence-electron chi connectivity index (χ3n) is 3.00. The lowest BCUT2D eigenvalue weighted by molar-refractivity contribution is 0.0704. The molecule has 0 saturated carbocycles. The van der Waals surface area contributed by atoms with E-state index in [0.29, 0.717) is 5.69 Å². The Hall–Kier alpha value is -2.56. The maximum absolute atomic E-state index is 12.3. The van der Waals surface area contributed by atoms with Crippen molar-refractivity contribution in [2.45, 2.75) is 12.5 Å². The van der Waals surface area contributed by atoms with Crippen LogP contribution in [0.25, 0.3) is 0 Å². The molecule has 1 aliphatic rings. The zero-order valence-electron chi connectivity index (χ0n) is 10.2. The van der Waals surface area contributed by atoms with Crippen LogP contribution in [0.15, 0.2) is 54.0 Å². The van der Waals surface area contributed by atoms with Crippen molar-refractivity contribution in [2.75, 3.05) is 0 Å². The van der Waals surface area contributed by atoms with Gasteiger partial charge in [0, 0.05) is 25.0 Å². The molecule has 1 aromatic heterocycles. The second-order valence-corrected chi connectivity index (χ2v) is 4.20. The first-order chi connectivity index (χ1) is 9.36. The molecular formula is C14H12N4O. The fourth-order valence-electron chi connectivity index (χ4n) is 2.09. The lowest BCUT2D eigenvalue weighted by atomic mass is 10.0. The van der Waals surface area contributed by atoms with Gasteiger partial charge in [0.1, 0.15) is 5.69 Å². The van der Waals surface area contributed by atoms with Gasteiger partial charge in [-0.1, -0.05) is 30.3 Å². The molecule has 94 valence electrons. The predicted octanol–water partition coefficient (Wildman–Crippen LogP) is 2.05. The van der Waals surface area contributed by atoms with E-state index in [1.807, 2.05) is 30.3 Å². The van der Waals surface area contributed by atoms with Gasteiger partial charge in [0.25, 0.3) is 5.91 Å². The van der Waals surface area contributed by atoms with Crippen molar-refractivity contribution in [1.82, 2.24) is 15.0 Å². The lowest BCUT2D eigenvalue weighted by Crippen LogP contribution is -2.27. The van der Waals surface area contributed by atoms with Gasteiger partial charge in [-0.3, -0.25) is 9.78 Å². The van der Waals surface area contributed by atoms with E-state index in [0.717, 1.165) is 12.0 Å². The Kier molecular flexibility index (Phi) is 3.02. The first-order valence-corrected chi connectivity index (χ1v) is 6.03. The number of benzene rings is 1. The van der Waals surface area contributed by atoms with Crippen molar-refractivity contribution in [2.24, 2.45) is 5.10 Å². The van der Waals surface area contributed by atoms with Crippen LogP contribution in [0.2, 0.25) is 0 Å². The van der Waals surface area contributed by atoms with Gasteiger partial charge >= 0.3 is 0 Å². The molecular weight excluding hydrogens is 240 g/mol. The molecule has 19 heavy (non-hydrogen) atoms. The Bertz CT molecular complexity index is 597. The SMILES string of the molecule is O=C(c1cnccn1)N1N=CCC1c1ccccc1. The van der Waals surface area contributed by atoms with E-state index in [1.54, 1.807) is 12.4 Å². The molecule has 1 aliphatic heterocycles. The number of rotatable bonds is 2. The third kappa shape index (κ3) is 2.22. The summed E-state index contributed by atoms with van der Waals surface area (Å²) >= 11 is 0. The van der Waals surface area contributed by atoms with Gasteiger partial charge in [-0.25, -0.2) is 9.99 Å². The summed E-state index contributed by atoms with van der Waals surface area (Å²) in [4.78, 5) is 20.3. The van der Waals surface area contributed by atoms with E-state index >= 15 is 0 Å². The van der Waals surface area contributed by atoms with Gasteiger partial charge in [0.2, 0.25) is 0 Å². The maximum Gasteiger partial charge on any atom is 0.294 e. The van der Waals surface area contributed by atoms with Crippen molar-refractivity contribution in [1.29, 1.82) is 0 Å². The lowest BCUT2D eigenvalue weighted by Gasteiger charge is -2.21. The van der Waals surface area contributed by atoms with Gasteiger partial charge in [0.05, 0.1) is 12.2 Å². The van der Waals surface area contributed by atoms with Crippen LogP contribution in [0.4, 0.5) is 0 Å². The number of hydrogen-bond donors (Lipinski definition) is 0. The molecule has 1 unspecified atom stereocenters. The first-order valence-electron chi connectivity index (χ1n) is 6.03. The van der Waals surface area contributed by atoms with Crippen LogP contribution in [0, 0.1) is 0 Å². The van der Waals surface area contributed by atoms with Crippen molar-refractivity contribution in [3.05, 3.63) is 60.2 Å². The minimum Gasteiger partial charge on any atom is -0.265 e. The number of hydrogen-bond acceptors (Lipinski definition) is 4. The summed E-state index contributed by atoms with van der Waals surface area (Å²) < 4.78 is 0. The molecule has 0 aliphatic carbocycles.